The minimum Gasteiger partial charge on any atom is -0.508 e. The third-order valence-corrected chi connectivity index (χ3v) is 3.39. The van der Waals surface area contributed by atoms with E-state index in [9.17, 15) is 31.8 Å². The lowest BCUT2D eigenvalue weighted by Gasteiger charge is -2.12. The van der Waals surface area contributed by atoms with Crippen LogP contribution in [0.1, 0.15) is 0 Å². The van der Waals surface area contributed by atoms with Crippen LogP contribution in [0.2, 0.25) is 0 Å². The molecule has 0 heterocycles. The van der Waals surface area contributed by atoms with Crippen molar-refractivity contribution < 1.29 is 36.0 Å². The Kier molecular flexibility index (Phi) is 3.17. The number of hydrogen-bond acceptors (Lipinski definition) is 5. The van der Waals surface area contributed by atoms with Crippen LogP contribution in [0.4, 0.5) is 13.2 Å². The SMILES string of the molecule is O=S(=O)(Oc1ccc(O)c2ccc(O)cc12)C(F)(F)F. The molecule has 108 valence electrons. The second kappa shape index (κ2) is 4.44. The van der Waals surface area contributed by atoms with Crippen molar-refractivity contribution in [2.75, 3.05) is 0 Å². The number of fused-ring (bicyclic) bond motifs is 1. The molecule has 5 nitrogen and oxygen atoms in total. The van der Waals surface area contributed by atoms with Gasteiger partial charge in [-0.3, -0.25) is 0 Å². The van der Waals surface area contributed by atoms with Crippen molar-refractivity contribution in [3.8, 4) is 17.2 Å². The van der Waals surface area contributed by atoms with E-state index in [0.29, 0.717) is 0 Å². The number of hydrogen-bond donors (Lipinski definition) is 2. The molecule has 0 radical (unpaired) electrons. The van der Waals surface area contributed by atoms with Gasteiger partial charge in [-0.1, -0.05) is 0 Å². The average Bonchev–Trinajstić information content (AvgIpc) is 2.31. The molecule has 0 aromatic heterocycles. The van der Waals surface area contributed by atoms with Crippen molar-refractivity contribution in [3.05, 3.63) is 30.3 Å². The van der Waals surface area contributed by atoms with Crippen molar-refractivity contribution in [2.24, 2.45) is 0 Å². The zero-order valence-electron chi connectivity index (χ0n) is 9.55. The first-order valence-electron chi connectivity index (χ1n) is 5.07. The summed E-state index contributed by atoms with van der Waals surface area (Å²) in [5.41, 5.74) is -5.58. The highest BCUT2D eigenvalue weighted by atomic mass is 32.2. The minimum absolute atomic E-state index is 0.0395. The fourth-order valence-corrected chi connectivity index (χ4v) is 2.01. The third kappa shape index (κ3) is 2.44. The summed E-state index contributed by atoms with van der Waals surface area (Å²) in [5.74, 6) is -1.26. The molecular formula is C11H7F3O5S. The summed E-state index contributed by atoms with van der Waals surface area (Å²) in [6.45, 7) is 0. The van der Waals surface area contributed by atoms with Crippen LogP contribution in [0.25, 0.3) is 10.8 Å². The quantitative estimate of drug-likeness (QED) is 0.658. The van der Waals surface area contributed by atoms with Crippen molar-refractivity contribution in [2.45, 2.75) is 5.51 Å². The molecule has 20 heavy (non-hydrogen) atoms. The van der Waals surface area contributed by atoms with E-state index in [1.54, 1.807) is 0 Å². The Morgan fingerprint density at radius 2 is 1.65 bits per heavy atom. The molecule has 0 aliphatic heterocycles. The normalized spacial score (nSPS) is 12.6. The summed E-state index contributed by atoms with van der Waals surface area (Å²) in [7, 11) is -5.83. The average molecular weight is 308 g/mol. The summed E-state index contributed by atoms with van der Waals surface area (Å²) in [6.07, 6.45) is 0. The van der Waals surface area contributed by atoms with Gasteiger partial charge in [-0.2, -0.15) is 21.6 Å². The molecule has 0 unspecified atom stereocenters. The number of phenols is 2. The van der Waals surface area contributed by atoms with Crippen LogP contribution in [0.3, 0.4) is 0 Å². The number of benzene rings is 2. The van der Waals surface area contributed by atoms with E-state index in [1.807, 2.05) is 0 Å². The van der Waals surface area contributed by atoms with E-state index in [-0.39, 0.29) is 22.3 Å². The highest BCUT2D eigenvalue weighted by Crippen LogP contribution is 2.37. The van der Waals surface area contributed by atoms with Gasteiger partial charge in [0.05, 0.1) is 0 Å². The lowest BCUT2D eigenvalue weighted by molar-refractivity contribution is -0.0499. The second-order valence-electron chi connectivity index (χ2n) is 3.80. The Bertz CT molecular complexity index is 767. The lowest BCUT2D eigenvalue weighted by atomic mass is 10.1. The number of rotatable bonds is 2. The van der Waals surface area contributed by atoms with Crippen LogP contribution in [0.5, 0.6) is 17.2 Å². The van der Waals surface area contributed by atoms with Crippen LogP contribution < -0.4 is 4.18 Å². The molecule has 0 aliphatic rings. The van der Waals surface area contributed by atoms with E-state index in [1.165, 1.54) is 12.1 Å². The van der Waals surface area contributed by atoms with Crippen LogP contribution in [-0.2, 0) is 10.1 Å². The molecule has 0 aliphatic carbocycles. The molecule has 0 saturated carbocycles. The first-order valence-corrected chi connectivity index (χ1v) is 6.48. The molecule has 0 saturated heterocycles. The molecule has 0 fully saturated rings. The van der Waals surface area contributed by atoms with E-state index in [0.717, 1.165) is 18.2 Å². The maximum absolute atomic E-state index is 12.3. The second-order valence-corrected chi connectivity index (χ2v) is 5.33. The predicted molar refractivity (Wildman–Crippen MR) is 62.9 cm³/mol. The maximum atomic E-state index is 12.3. The summed E-state index contributed by atoms with van der Waals surface area (Å²) in [4.78, 5) is 0. The monoisotopic (exact) mass is 308 g/mol. The fourth-order valence-electron chi connectivity index (χ4n) is 1.53. The Labute approximate surface area is 111 Å². The maximum Gasteiger partial charge on any atom is 0.534 e. The van der Waals surface area contributed by atoms with Crippen LogP contribution in [0, 0.1) is 0 Å². The standard InChI is InChI=1S/C11H7F3O5S/c12-11(13,14)20(17,18)19-10-4-3-9(16)7-2-1-6(15)5-8(7)10/h1-5,15-16H. The molecule has 2 aromatic rings. The van der Waals surface area contributed by atoms with Gasteiger partial charge >= 0.3 is 15.6 Å². The van der Waals surface area contributed by atoms with Gasteiger partial charge < -0.3 is 14.4 Å². The van der Waals surface area contributed by atoms with Crippen molar-refractivity contribution in [1.29, 1.82) is 0 Å². The summed E-state index contributed by atoms with van der Waals surface area (Å²) >= 11 is 0. The van der Waals surface area contributed by atoms with E-state index >= 15 is 0 Å². The van der Waals surface area contributed by atoms with Gasteiger partial charge in [0.25, 0.3) is 0 Å². The van der Waals surface area contributed by atoms with Crippen molar-refractivity contribution in [1.82, 2.24) is 0 Å². The van der Waals surface area contributed by atoms with Gasteiger partial charge in [-0.05, 0) is 30.3 Å². The minimum atomic E-state index is -5.83. The third-order valence-electron chi connectivity index (χ3n) is 2.42. The molecule has 0 amide bonds. The zero-order chi connectivity index (χ0) is 15.1. The number of phenolic OH excluding ortho intramolecular Hbond substituents is 2. The highest BCUT2D eigenvalue weighted by Gasteiger charge is 2.48. The summed E-state index contributed by atoms with van der Waals surface area (Å²) in [5, 5.41) is 18.7. The van der Waals surface area contributed by atoms with Crippen molar-refractivity contribution >= 4 is 20.9 Å². The van der Waals surface area contributed by atoms with E-state index < -0.39 is 21.4 Å². The van der Waals surface area contributed by atoms with Crippen LogP contribution in [0.15, 0.2) is 30.3 Å². The Hall–Kier alpha value is -2.16. The molecule has 2 rings (SSSR count). The molecule has 0 bridgehead atoms. The Morgan fingerprint density at radius 1 is 1.00 bits per heavy atom. The van der Waals surface area contributed by atoms with Gasteiger partial charge in [0.2, 0.25) is 0 Å². The first kappa shape index (κ1) is 14.3. The summed E-state index contributed by atoms with van der Waals surface area (Å²) < 4.78 is 62.7. The van der Waals surface area contributed by atoms with Crippen LogP contribution in [-0.4, -0.2) is 24.1 Å². The van der Waals surface area contributed by atoms with Gasteiger partial charge in [0.1, 0.15) is 11.5 Å². The van der Waals surface area contributed by atoms with Gasteiger partial charge in [0, 0.05) is 10.8 Å². The van der Waals surface area contributed by atoms with Gasteiger partial charge in [-0.15, -0.1) is 0 Å². The van der Waals surface area contributed by atoms with E-state index in [2.05, 4.69) is 4.18 Å². The van der Waals surface area contributed by atoms with E-state index in [4.69, 9.17) is 0 Å². The number of alkyl halides is 3. The van der Waals surface area contributed by atoms with Gasteiger partial charge in [0.15, 0.2) is 5.75 Å². The van der Waals surface area contributed by atoms with Crippen LogP contribution >= 0.6 is 0 Å². The molecule has 9 heteroatoms. The van der Waals surface area contributed by atoms with Crippen molar-refractivity contribution in [3.63, 3.8) is 0 Å². The number of halogens is 3. The molecule has 2 aromatic carbocycles. The largest absolute Gasteiger partial charge is 0.534 e. The Morgan fingerprint density at radius 3 is 2.25 bits per heavy atom. The van der Waals surface area contributed by atoms with Gasteiger partial charge in [-0.25, -0.2) is 0 Å². The summed E-state index contributed by atoms with van der Waals surface area (Å²) in [6, 6.07) is 5.23. The first-order chi connectivity index (χ1) is 9.12. The smallest absolute Gasteiger partial charge is 0.508 e. The Balaban J connectivity index is 2.62. The molecule has 0 atom stereocenters. The fraction of sp³-hybridized carbons (Fsp3) is 0.0909. The molecular weight excluding hydrogens is 301 g/mol. The number of aromatic hydroxyl groups is 2. The highest BCUT2D eigenvalue weighted by molar-refractivity contribution is 7.88. The lowest BCUT2D eigenvalue weighted by Crippen LogP contribution is -2.28. The zero-order valence-corrected chi connectivity index (χ0v) is 10.4. The topological polar surface area (TPSA) is 83.8 Å². The predicted octanol–water partition coefficient (Wildman–Crippen LogP) is 2.48. The molecule has 0 spiro atoms. The molecule has 2 N–H and O–H groups in total.